The first kappa shape index (κ1) is 14.4. The molecule has 0 amide bonds. The van der Waals surface area contributed by atoms with Crippen molar-refractivity contribution in [1.82, 2.24) is 4.31 Å². The Labute approximate surface area is 118 Å². The second kappa shape index (κ2) is 5.98. The number of halogens is 1. The number of hydrogen-bond acceptors (Lipinski definition) is 4. The van der Waals surface area contributed by atoms with Gasteiger partial charge in [-0.2, -0.15) is 0 Å². The van der Waals surface area contributed by atoms with Crippen LogP contribution in [0.25, 0.3) is 0 Å². The average Bonchev–Trinajstić information content (AvgIpc) is 2.38. The van der Waals surface area contributed by atoms with Crippen molar-refractivity contribution in [2.75, 3.05) is 31.9 Å². The van der Waals surface area contributed by atoms with Gasteiger partial charge in [-0.25, -0.2) is 12.7 Å². The Morgan fingerprint density at radius 1 is 1.26 bits per heavy atom. The van der Waals surface area contributed by atoms with Crippen molar-refractivity contribution in [1.29, 1.82) is 0 Å². The molecule has 1 aromatic carbocycles. The summed E-state index contributed by atoms with van der Waals surface area (Å²) in [7, 11) is -1.76. The molecule has 1 aliphatic heterocycles. The summed E-state index contributed by atoms with van der Waals surface area (Å²) in [5, 5.41) is 0. The third-order valence-electron chi connectivity index (χ3n) is 2.82. The maximum absolute atomic E-state index is 11.8. The van der Waals surface area contributed by atoms with Gasteiger partial charge in [0, 0.05) is 19.5 Å². The first-order valence-electron chi connectivity index (χ1n) is 5.91. The van der Waals surface area contributed by atoms with Gasteiger partial charge < -0.3 is 9.47 Å². The van der Waals surface area contributed by atoms with Crippen LogP contribution in [0.15, 0.2) is 18.2 Å². The van der Waals surface area contributed by atoms with Crippen LogP contribution >= 0.6 is 11.6 Å². The van der Waals surface area contributed by atoms with Crippen LogP contribution in [0.2, 0.25) is 0 Å². The molecule has 7 heteroatoms. The maximum atomic E-state index is 11.8. The molecule has 1 heterocycles. The number of nitrogens with zero attached hydrogens (tertiary/aromatic N) is 1. The summed E-state index contributed by atoms with van der Waals surface area (Å²) >= 11 is 5.49. The topological polar surface area (TPSA) is 55.8 Å². The highest BCUT2D eigenvalue weighted by Crippen LogP contribution is 2.31. The SMILES string of the molecule is CN(Cc1ccc2c(c1)OCCO2)S(=O)(=O)CCCl. The van der Waals surface area contributed by atoms with Crippen LogP contribution in [0.5, 0.6) is 11.5 Å². The van der Waals surface area contributed by atoms with Crippen LogP contribution in [0.4, 0.5) is 0 Å². The van der Waals surface area contributed by atoms with Crippen molar-refractivity contribution in [3.8, 4) is 11.5 Å². The van der Waals surface area contributed by atoms with Gasteiger partial charge in [0.1, 0.15) is 13.2 Å². The van der Waals surface area contributed by atoms with Gasteiger partial charge in [0.05, 0.1) is 5.75 Å². The minimum Gasteiger partial charge on any atom is -0.486 e. The quantitative estimate of drug-likeness (QED) is 0.773. The number of sulfonamides is 1. The van der Waals surface area contributed by atoms with Crippen molar-refractivity contribution < 1.29 is 17.9 Å². The molecule has 2 rings (SSSR count). The smallest absolute Gasteiger partial charge is 0.215 e. The Hall–Kier alpha value is -0.980. The van der Waals surface area contributed by atoms with E-state index in [0.29, 0.717) is 24.7 Å². The van der Waals surface area contributed by atoms with E-state index in [-0.39, 0.29) is 18.2 Å². The second-order valence-electron chi connectivity index (χ2n) is 4.24. The number of benzene rings is 1. The molecule has 1 aliphatic rings. The Balaban J connectivity index is 2.11. The number of fused-ring (bicyclic) bond motifs is 1. The van der Waals surface area contributed by atoms with Gasteiger partial charge in [-0.3, -0.25) is 0 Å². The van der Waals surface area contributed by atoms with Crippen molar-refractivity contribution in [2.24, 2.45) is 0 Å². The molecule has 0 radical (unpaired) electrons. The van der Waals surface area contributed by atoms with Gasteiger partial charge in [-0.15, -0.1) is 11.6 Å². The van der Waals surface area contributed by atoms with Crippen LogP contribution in [0.3, 0.4) is 0 Å². The van der Waals surface area contributed by atoms with Crippen molar-refractivity contribution in [3.63, 3.8) is 0 Å². The zero-order valence-electron chi connectivity index (χ0n) is 10.6. The molecule has 0 unspecified atom stereocenters. The third kappa shape index (κ3) is 3.52. The largest absolute Gasteiger partial charge is 0.486 e. The summed E-state index contributed by atoms with van der Waals surface area (Å²) in [6.07, 6.45) is 0. The van der Waals surface area contributed by atoms with E-state index in [9.17, 15) is 8.42 Å². The molecule has 1 aromatic rings. The normalized spacial score (nSPS) is 14.7. The zero-order valence-corrected chi connectivity index (χ0v) is 12.2. The molecule has 0 N–H and O–H groups in total. The zero-order chi connectivity index (χ0) is 13.9. The number of ether oxygens (including phenoxy) is 2. The molecule has 0 saturated heterocycles. The minimum atomic E-state index is -3.30. The summed E-state index contributed by atoms with van der Waals surface area (Å²) in [6, 6.07) is 5.44. The Morgan fingerprint density at radius 2 is 1.95 bits per heavy atom. The monoisotopic (exact) mass is 305 g/mol. The summed E-state index contributed by atoms with van der Waals surface area (Å²) in [6.45, 7) is 1.34. The summed E-state index contributed by atoms with van der Waals surface area (Å²) in [5.74, 6) is 1.39. The fourth-order valence-electron chi connectivity index (χ4n) is 1.79. The van der Waals surface area contributed by atoms with E-state index in [0.717, 1.165) is 5.56 Å². The van der Waals surface area contributed by atoms with Crippen LogP contribution < -0.4 is 9.47 Å². The molecule has 0 spiro atoms. The molecule has 106 valence electrons. The van der Waals surface area contributed by atoms with Crippen LogP contribution in [0.1, 0.15) is 5.56 Å². The molecular formula is C12H16ClNO4S. The molecule has 0 saturated carbocycles. The van der Waals surface area contributed by atoms with Crippen LogP contribution in [-0.2, 0) is 16.6 Å². The second-order valence-corrected chi connectivity index (χ2v) is 6.81. The first-order chi connectivity index (χ1) is 9.03. The standard InChI is InChI=1S/C12H16ClNO4S/c1-14(19(15,16)7-4-13)9-10-2-3-11-12(8-10)18-6-5-17-11/h2-3,8H,4-7,9H2,1H3. The maximum Gasteiger partial charge on any atom is 0.215 e. The highest BCUT2D eigenvalue weighted by atomic mass is 35.5. The fourth-order valence-corrected chi connectivity index (χ4v) is 3.23. The Bertz CT molecular complexity index is 547. The van der Waals surface area contributed by atoms with Gasteiger partial charge in [-0.05, 0) is 17.7 Å². The number of rotatable bonds is 5. The Kier molecular flexibility index (Phi) is 4.54. The van der Waals surface area contributed by atoms with E-state index in [4.69, 9.17) is 21.1 Å². The van der Waals surface area contributed by atoms with Gasteiger partial charge >= 0.3 is 0 Å². The molecule has 0 atom stereocenters. The molecule has 5 nitrogen and oxygen atoms in total. The van der Waals surface area contributed by atoms with Gasteiger partial charge in [0.2, 0.25) is 10.0 Å². The lowest BCUT2D eigenvalue weighted by Gasteiger charge is -2.20. The van der Waals surface area contributed by atoms with Crippen LogP contribution in [-0.4, -0.2) is 44.6 Å². The van der Waals surface area contributed by atoms with Crippen molar-refractivity contribution >= 4 is 21.6 Å². The summed E-state index contributed by atoms with van der Waals surface area (Å²) < 4.78 is 35.8. The summed E-state index contributed by atoms with van der Waals surface area (Å²) in [4.78, 5) is 0. The number of alkyl halides is 1. The molecule has 19 heavy (non-hydrogen) atoms. The van der Waals surface area contributed by atoms with Crippen LogP contribution in [0, 0.1) is 0 Å². The van der Waals surface area contributed by atoms with Gasteiger partial charge in [0.15, 0.2) is 11.5 Å². The van der Waals surface area contributed by atoms with E-state index in [2.05, 4.69) is 0 Å². The van der Waals surface area contributed by atoms with Gasteiger partial charge in [-0.1, -0.05) is 6.07 Å². The van der Waals surface area contributed by atoms with E-state index in [1.165, 1.54) is 4.31 Å². The molecule has 0 aliphatic carbocycles. The molecule has 0 aromatic heterocycles. The lowest BCUT2D eigenvalue weighted by Crippen LogP contribution is -2.29. The first-order valence-corrected chi connectivity index (χ1v) is 8.06. The predicted molar refractivity (Wildman–Crippen MR) is 73.4 cm³/mol. The van der Waals surface area contributed by atoms with Crippen molar-refractivity contribution in [2.45, 2.75) is 6.54 Å². The van der Waals surface area contributed by atoms with Crippen molar-refractivity contribution in [3.05, 3.63) is 23.8 Å². The van der Waals surface area contributed by atoms with E-state index in [1.54, 1.807) is 19.2 Å². The highest BCUT2D eigenvalue weighted by Gasteiger charge is 2.18. The lowest BCUT2D eigenvalue weighted by molar-refractivity contribution is 0.171. The predicted octanol–water partition coefficient (Wildman–Crippen LogP) is 1.46. The lowest BCUT2D eigenvalue weighted by atomic mass is 10.2. The average molecular weight is 306 g/mol. The van der Waals surface area contributed by atoms with E-state index < -0.39 is 10.0 Å². The number of hydrogen-bond donors (Lipinski definition) is 0. The third-order valence-corrected chi connectivity index (χ3v) is 5.03. The van der Waals surface area contributed by atoms with E-state index >= 15 is 0 Å². The van der Waals surface area contributed by atoms with E-state index in [1.807, 2.05) is 6.07 Å². The fraction of sp³-hybridized carbons (Fsp3) is 0.500. The minimum absolute atomic E-state index is 0.0599. The summed E-state index contributed by atoms with van der Waals surface area (Å²) in [5.41, 5.74) is 0.852. The van der Waals surface area contributed by atoms with Gasteiger partial charge in [0.25, 0.3) is 0 Å². The molecular weight excluding hydrogens is 290 g/mol. The Morgan fingerprint density at radius 3 is 2.63 bits per heavy atom. The molecule has 0 bridgehead atoms. The molecule has 0 fully saturated rings. The highest BCUT2D eigenvalue weighted by molar-refractivity contribution is 7.89.